The van der Waals surface area contributed by atoms with Gasteiger partial charge in [0.15, 0.2) is 5.76 Å². The molecule has 1 aliphatic heterocycles. The average Bonchev–Trinajstić information content (AvgIpc) is 3.09. The molecule has 0 spiro atoms. The lowest BCUT2D eigenvalue weighted by Gasteiger charge is -2.07. The number of carbonyl (C=O) groups is 1. The number of rotatable bonds is 6. The molecular weight excluding hydrogens is 435 g/mol. The Morgan fingerprint density at radius 1 is 1.00 bits per heavy atom. The van der Waals surface area contributed by atoms with Gasteiger partial charge in [0, 0.05) is 11.6 Å². The first-order chi connectivity index (χ1) is 15.4. The molecule has 0 saturated heterocycles. The normalized spacial score (nSPS) is 14.4. The predicted molar refractivity (Wildman–Crippen MR) is 116 cm³/mol. The average molecular weight is 452 g/mol. The summed E-state index contributed by atoms with van der Waals surface area (Å²) in [5.41, 5.74) is 1.12. The number of para-hydroxylation sites is 1. The Morgan fingerprint density at radius 2 is 1.75 bits per heavy atom. The van der Waals surface area contributed by atoms with Crippen LogP contribution in [0.25, 0.3) is 6.08 Å². The van der Waals surface area contributed by atoms with Crippen molar-refractivity contribution in [3.63, 3.8) is 0 Å². The van der Waals surface area contributed by atoms with E-state index in [1.807, 2.05) is 24.3 Å². The topological polar surface area (TPSA) is 78.9 Å². The molecule has 0 atom stereocenters. The highest BCUT2D eigenvalue weighted by molar-refractivity contribution is 7.87. The van der Waals surface area contributed by atoms with Crippen LogP contribution in [0.3, 0.4) is 0 Å². The molecule has 0 amide bonds. The number of ketones is 1. The molecule has 0 radical (unpaired) electrons. The second kappa shape index (κ2) is 8.68. The van der Waals surface area contributed by atoms with Crippen LogP contribution < -0.4 is 13.7 Å². The number of methoxy groups -OCH3 is 1. The van der Waals surface area contributed by atoms with Crippen molar-refractivity contribution >= 4 is 22.0 Å². The van der Waals surface area contributed by atoms with Gasteiger partial charge in [-0.1, -0.05) is 30.4 Å². The number of hydrogen-bond acceptors (Lipinski definition) is 6. The van der Waals surface area contributed by atoms with Gasteiger partial charge < -0.3 is 13.7 Å². The minimum absolute atomic E-state index is 0.0355. The van der Waals surface area contributed by atoms with Crippen molar-refractivity contribution < 1.29 is 31.3 Å². The fourth-order valence-corrected chi connectivity index (χ4v) is 3.98. The summed E-state index contributed by atoms with van der Waals surface area (Å²) in [6.45, 7) is 0. The van der Waals surface area contributed by atoms with Gasteiger partial charge in [-0.25, -0.2) is 4.39 Å². The maximum absolute atomic E-state index is 13.0. The fourth-order valence-electron chi connectivity index (χ4n) is 3.05. The molecule has 0 aliphatic carbocycles. The molecule has 1 heterocycles. The highest BCUT2D eigenvalue weighted by Gasteiger charge is 2.28. The van der Waals surface area contributed by atoms with Crippen LogP contribution in [0.2, 0.25) is 0 Å². The number of halogens is 1. The summed E-state index contributed by atoms with van der Waals surface area (Å²) in [6.07, 6.45) is 4.95. The molecule has 0 bridgehead atoms. The molecule has 0 saturated carbocycles. The number of Topliss-reactive ketones (excluding diaryl/α,β-unsaturated/α-hetero) is 1. The second-order valence-electron chi connectivity index (χ2n) is 6.71. The first-order valence-electron chi connectivity index (χ1n) is 9.45. The molecule has 162 valence electrons. The van der Waals surface area contributed by atoms with E-state index >= 15 is 0 Å². The van der Waals surface area contributed by atoms with Crippen molar-refractivity contribution in [1.82, 2.24) is 0 Å². The number of benzene rings is 3. The summed E-state index contributed by atoms with van der Waals surface area (Å²) >= 11 is 0. The van der Waals surface area contributed by atoms with Crippen LogP contribution in [0.1, 0.15) is 15.9 Å². The first-order valence-corrected chi connectivity index (χ1v) is 10.9. The van der Waals surface area contributed by atoms with Gasteiger partial charge in [0.25, 0.3) is 0 Å². The predicted octanol–water partition coefficient (Wildman–Crippen LogP) is 4.77. The van der Waals surface area contributed by atoms with Gasteiger partial charge >= 0.3 is 10.1 Å². The maximum Gasteiger partial charge on any atom is 0.339 e. The minimum atomic E-state index is -4.17. The maximum atomic E-state index is 13.0. The van der Waals surface area contributed by atoms with Gasteiger partial charge in [-0.05, 0) is 48.5 Å². The molecule has 32 heavy (non-hydrogen) atoms. The third kappa shape index (κ3) is 4.40. The van der Waals surface area contributed by atoms with Crippen molar-refractivity contribution in [2.75, 3.05) is 7.11 Å². The molecule has 1 aliphatic rings. The Hall–Kier alpha value is -3.91. The van der Waals surface area contributed by atoms with Crippen molar-refractivity contribution in [3.8, 4) is 17.2 Å². The molecule has 0 N–H and O–H groups in total. The molecule has 8 heteroatoms. The summed E-state index contributed by atoms with van der Waals surface area (Å²) in [6, 6.07) is 15.8. The Kier molecular flexibility index (Phi) is 5.79. The standard InChI is InChI=1S/C24H17FO6S/c1-29-21-7-3-2-5-16(21)6-4-8-22-24(26)20-14-11-18(15-23(20)30-22)31-32(27,28)19-12-9-17(25)10-13-19/h2-15H,1H3. The minimum Gasteiger partial charge on any atom is -0.496 e. The highest BCUT2D eigenvalue weighted by Crippen LogP contribution is 2.35. The van der Waals surface area contributed by atoms with E-state index in [1.165, 1.54) is 24.3 Å². The summed E-state index contributed by atoms with van der Waals surface area (Å²) in [4.78, 5) is 12.4. The third-order valence-electron chi connectivity index (χ3n) is 4.61. The van der Waals surface area contributed by atoms with E-state index in [1.54, 1.807) is 19.3 Å². The molecule has 0 aromatic heterocycles. The zero-order chi connectivity index (χ0) is 22.7. The quantitative estimate of drug-likeness (QED) is 0.396. The van der Waals surface area contributed by atoms with E-state index in [4.69, 9.17) is 13.7 Å². The summed E-state index contributed by atoms with van der Waals surface area (Å²) in [7, 11) is -2.60. The third-order valence-corrected chi connectivity index (χ3v) is 5.87. The summed E-state index contributed by atoms with van der Waals surface area (Å²) in [5.74, 6) is 0.0217. The summed E-state index contributed by atoms with van der Waals surface area (Å²) in [5, 5.41) is 0. The first kappa shape index (κ1) is 21.3. The highest BCUT2D eigenvalue weighted by atomic mass is 32.2. The van der Waals surface area contributed by atoms with Crippen LogP contribution >= 0.6 is 0 Å². The van der Waals surface area contributed by atoms with Gasteiger partial charge in [-0.2, -0.15) is 8.42 Å². The van der Waals surface area contributed by atoms with Crippen LogP contribution in [0, 0.1) is 5.82 Å². The van der Waals surface area contributed by atoms with Crippen molar-refractivity contribution in [2.24, 2.45) is 0 Å². The lowest BCUT2D eigenvalue weighted by atomic mass is 10.1. The number of ether oxygens (including phenoxy) is 2. The van der Waals surface area contributed by atoms with Crippen LogP contribution in [-0.2, 0) is 10.1 Å². The van der Waals surface area contributed by atoms with Crippen LogP contribution in [0.5, 0.6) is 17.2 Å². The largest absolute Gasteiger partial charge is 0.496 e. The monoisotopic (exact) mass is 452 g/mol. The lowest BCUT2D eigenvalue weighted by Crippen LogP contribution is -2.09. The van der Waals surface area contributed by atoms with Crippen LogP contribution in [0.15, 0.2) is 89.5 Å². The Balaban J connectivity index is 1.52. The van der Waals surface area contributed by atoms with Gasteiger partial charge in [-0.15, -0.1) is 0 Å². The van der Waals surface area contributed by atoms with Gasteiger partial charge in [0.1, 0.15) is 28.0 Å². The molecular formula is C24H17FO6S. The lowest BCUT2D eigenvalue weighted by molar-refractivity contribution is 0.101. The van der Waals surface area contributed by atoms with Crippen molar-refractivity contribution in [1.29, 1.82) is 0 Å². The second-order valence-corrected chi connectivity index (χ2v) is 8.26. The smallest absolute Gasteiger partial charge is 0.339 e. The Bertz CT molecular complexity index is 1340. The van der Waals surface area contributed by atoms with E-state index in [9.17, 15) is 17.6 Å². The Morgan fingerprint density at radius 3 is 2.50 bits per heavy atom. The molecule has 0 fully saturated rings. The van der Waals surface area contributed by atoms with Gasteiger partial charge in [0.05, 0.1) is 12.7 Å². The molecule has 3 aromatic rings. The SMILES string of the molecule is COc1ccccc1C=CC=C1Oc2cc(OS(=O)(=O)c3ccc(F)cc3)ccc2C1=O. The molecule has 4 rings (SSSR count). The van der Waals surface area contributed by atoms with Gasteiger partial charge in [-0.3, -0.25) is 4.79 Å². The van der Waals surface area contributed by atoms with E-state index in [2.05, 4.69) is 0 Å². The zero-order valence-electron chi connectivity index (χ0n) is 16.8. The number of allylic oxidation sites excluding steroid dienone is 3. The van der Waals surface area contributed by atoms with E-state index < -0.39 is 15.9 Å². The fraction of sp³-hybridized carbons (Fsp3) is 0.0417. The van der Waals surface area contributed by atoms with E-state index in [0.717, 1.165) is 29.8 Å². The van der Waals surface area contributed by atoms with E-state index in [-0.39, 0.29) is 33.5 Å². The summed E-state index contributed by atoms with van der Waals surface area (Å²) < 4.78 is 53.8. The number of carbonyl (C=O) groups excluding carboxylic acids is 1. The molecule has 3 aromatic carbocycles. The van der Waals surface area contributed by atoms with Crippen molar-refractivity contribution in [3.05, 3.63) is 102 Å². The number of fused-ring (bicyclic) bond motifs is 1. The van der Waals surface area contributed by atoms with Gasteiger partial charge in [0.2, 0.25) is 5.78 Å². The zero-order valence-corrected chi connectivity index (χ0v) is 17.6. The number of hydrogen-bond donors (Lipinski definition) is 0. The van der Waals surface area contributed by atoms with E-state index in [0.29, 0.717) is 5.75 Å². The van der Waals surface area contributed by atoms with Crippen LogP contribution in [-0.4, -0.2) is 21.3 Å². The molecule has 6 nitrogen and oxygen atoms in total. The van der Waals surface area contributed by atoms with Crippen molar-refractivity contribution in [2.45, 2.75) is 4.90 Å². The molecule has 0 unspecified atom stereocenters. The van der Waals surface area contributed by atoms with Crippen LogP contribution in [0.4, 0.5) is 4.39 Å². The Labute approximate surface area is 184 Å².